The van der Waals surface area contributed by atoms with Crippen LogP contribution >= 0.6 is 11.3 Å². The van der Waals surface area contributed by atoms with Crippen LogP contribution in [0.5, 0.6) is 0 Å². The van der Waals surface area contributed by atoms with E-state index in [4.69, 9.17) is 4.52 Å². The zero-order valence-corrected chi connectivity index (χ0v) is 14.4. The molecule has 7 heteroatoms. The number of carbonyl (C=O) groups excluding carboxylic acids is 1. The number of nitrogens with zero attached hydrogens (tertiary/aromatic N) is 3. The number of hydrogen-bond donors (Lipinski definition) is 1. The molecule has 0 bridgehead atoms. The molecule has 0 aromatic carbocycles. The number of likely N-dealkylation sites (tertiary alicyclic amines) is 1. The van der Waals surface area contributed by atoms with E-state index in [0.29, 0.717) is 19.0 Å². The van der Waals surface area contributed by atoms with Gasteiger partial charge in [-0.1, -0.05) is 11.2 Å². The lowest BCUT2D eigenvalue weighted by molar-refractivity contribution is -0.122. The van der Waals surface area contributed by atoms with Crippen molar-refractivity contribution in [3.63, 3.8) is 0 Å². The highest BCUT2D eigenvalue weighted by Gasteiger charge is 2.32. The average molecular weight is 346 g/mol. The van der Waals surface area contributed by atoms with Crippen molar-refractivity contribution in [1.82, 2.24) is 20.4 Å². The average Bonchev–Trinajstić information content (AvgIpc) is 3.12. The number of amides is 1. The first-order valence-corrected chi connectivity index (χ1v) is 9.51. The van der Waals surface area contributed by atoms with Crippen LogP contribution in [-0.4, -0.2) is 40.6 Å². The molecule has 1 aliphatic heterocycles. The Balaban J connectivity index is 1.28. The summed E-state index contributed by atoms with van der Waals surface area (Å²) in [5, 5.41) is 9.19. The van der Waals surface area contributed by atoms with Crippen LogP contribution in [0.3, 0.4) is 0 Å². The summed E-state index contributed by atoms with van der Waals surface area (Å²) >= 11 is 1.66. The number of aromatic nitrogens is 2. The standard InChI is InChI=1S/C17H22N4O2S/c22-15(18-9-14-4-2-8-24-14)11-21-7-1-3-13(10-21)16-19-17(23-20-16)12-5-6-12/h2,4,8,12-13H,1,3,5-7,9-11H2,(H,18,22)/t13-/m0/s1. The molecule has 1 N–H and O–H groups in total. The third kappa shape index (κ3) is 3.84. The van der Waals surface area contributed by atoms with Crippen molar-refractivity contribution in [3.8, 4) is 0 Å². The summed E-state index contributed by atoms with van der Waals surface area (Å²) in [5.74, 6) is 2.47. The molecule has 3 heterocycles. The summed E-state index contributed by atoms with van der Waals surface area (Å²) < 4.78 is 5.38. The lowest BCUT2D eigenvalue weighted by Crippen LogP contribution is -2.42. The molecule has 0 spiro atoms. The van der Waals surface area contributed by atoms with Crippen molar-refractivity contribution >= 4 is 17.2 Å². The van der Waals surface area contributed by atoms with E-state index in [2.05, 4.69) is 20.4 Å². The van der Waals surface area contributed by atoms with E-state index in [9.17, 15) is 4.79 Å². The second-order valence-corrected chi connectivity index (χ2v) is 7.73. The molecule has 128 valence electrons. The molecule has 2 aromatic rings. The molecule has 2 fully saturated rings. The molecule has 1 saturated heterocycles. The third-order valence-corrected chi connectivity index (χ3v) is 5.54. The first-order valence-electron chi connectivity index (χ1n) is 8.63. The molecular weight excluding hydrogens is 324 g/mol. The number of rotatable bonds is 6. The fraction of sp³-hybridized carbons (Fsp3) is 0.588. The van der Waals surface area contributed by atoms with Gasteiger partial charge in [-0.05, 0) is 43.7 Å². The van der Waals surface area contributed by atoms with E-state index in [-0.39, 0.29) is 11.8 Å². The fourth-order valence-corrected chi connectivity index (χ4v) is 3.82. The summed E-state index contributed by atoms with van der Waals surface area (Å²) in [4.78, 5) is 20.1. The zero-order valence-electron chi connectivity index (χ0n) is 13.6. The SMILES string of the molecule is O=C(CN1CCC[C@H](c2noc(C3CC3)n2)C1)NCc1cccs1. The number of hydrogen-bond acceptors (Lipinski definition) is 6. The minimum atomic E-state index is 0.0795. The van der Waals surface area contributed by atoms with Gasteiger partial charge in [0.1, 0.15) is 0 Å². The normalized spacial score (nSPS) is 21.8. The molecule has 1 atom stereocenters. The Morgan fingerprint density at radius 3 is 3.08 bits per heavy atom. The lowest BCUT2D eigenvalue weighted by Gasteiger charge is -2.30. The topological polar surface area (TPSA) is 71.3 Å². The van der Waals surface area contributed by atoms with Crippen LogP contribution in [0.25, 0.3) is 0 Å². The van der Waals surface area contributed by atoms with Gasteiger partial charge in [-0.2, -0.15) is 4.98 Å². The van der Waals surface area contributed by atoms with Crippen molar-refractivity contribution in [2.24, 2.45) is 0 Å². The smallest absolute Gasteiger partial charge is 0.234 e. The van der Waals surface area contributed by atoms with Gasteiger partial charge < -0.3 is 9.84 Å². The van der Waals surface area contributed by atoms with Gasteiger partial charge in [0.15, 0.2) is 5.82 Å². The van der Waals surface area contributed by atoms with Gasteiger partial charge in [-0.3, -0.25) is 9.69 Å². The molecule has 0 radical (unpaired) electrons. The van der Waals surface area contributed by atoms with Crippen molar-refractivity contribution in [2.75, 3.05) is 19.6 Å². The Labute approximate surface area is 145 Å². The Hall–Kier alpha value is -1.73. The van der Waals surface area contributed by atoms with Crippen LogP contribution in [-0.2, 0) is 11.3 Å². The van der Waals surface area contributed by atoms with E-state index < -0.39 is 0 Å². The Bertz CT molecular complexity index is 681. The van der Waals surface area contributed by atoms with E-state index in [1.165, 1.54) is 17.7 Å². The Morgan fingerprint density at radius 1 is 1.38 bits per heavy atom. The monoisotopic (exact) mass is 346 g/mol. The number of thiophene rings is 1. The number of carbonyl (C=O) groups is 1. The van der Waals surface area contributed by atoms with Gasteiger partial charge in [-0.15, -0.1) is 11.3 Å². The molecule has 1 amide bonds. The molecular formula is C17H22N4O2S. The van der Waals surface area contributed by atoms with Crippen LogP contribution in [0.4, 0.5) is 0 Å². The highest BCUT2D eigenvalue weighted by atomic mass is 32.1. The predicted octanol–water partition coefficient (Wildman–Crippen LogP) is 2.50. The predicted molar refractivity (Wildman–Crippen MR) is 90.9 cm³/mol. The largest absolute Gasteiger partial charge is 0.350 e. The summed E-state index contributed by atoms with van der Waals surface area (Å²) in [5.41, 5.74) is 0. The Morgan fingerprint density at radius 2 is 2.29 bits per heavy atom. The van der Waals surface area contributed by atoms with Crippen LogP contribution in [0, 0.1) is 0 Å². The summed E-state index contributed by atoms with van der Waals surface area (Å²) in [6.45, 7) is 2.84. The van der Waals surface area contributed by atoms with Gasteiger partial charge in [0, 0.05) is 23.3 Å². The number of nitrogens with one attached hydrogen (secondary N) is 1. The Kier molecular flexibility index (Phi) is 4.62. The summed E-state index contributed by atoms with van der Waals surface area (Å²) in [7, 11) is 0. The molecule has 24 heavy (non-hydrogen) atoms. The zero-order chi connectivity index (χ0) is 16.4. The van der Waals surface area contributed by atoms with Crippen LogP contribution in [0.1, 0.15) is 54.1 Å². The molecule has 2 aliphatic rings. The van der Waals surface area contributed by atoms with Gasteiger partial charge in [0.05, 0.1) is 13.1 Å². The molecule has 6 nitrogen and oxygen atoms in total. The summed E-state index contributed by atoms with van der Waals surface area (Å²) in [6.07, 6.45) is 4.47. The first-order chi connectivity index (χ1) is 11.8. The molecule has 4 rings (SSSR count). The van der Waals surface area contributed by atoms with E-state index >= 15 is 0 Å². The lowest BCUT2D eigenvalue weighted by atomic mass is 9.97. The van der Waals surface area contributed by atoms with Crippen molar-refractivity contribution < 1.29 is 9.32 Å². The van der Waals surface area contributed by atoms with Crippen LogP contribution < -0.4 is 5.32 Å². The minimum Gasteiger partial charge on any atom is -0.350 e. The highest BCUT2D eigenvalue weighted by Crippen LogP contribution is 2.39. The minimum absolute atomic E-state index is 0.0795. The fourth-order valence-electron chi connectivity index (χ4n) is 3.18. The van der Waals surface area contributed by atoms with E-state index in [1.807, 2.05) is 17.5 Å². The number of piperidine rings is 1. The van der Waals surface area contributed by atoms with E-state index in [0.717, 1.165) is 37.6 Å². The second kappa shape index (κ2) is 7.03. The van der Waals surface area contributed by atoms with Crippen molar-refractivity contribution in [1.29, 1.82) is 0 Å². The van der Waals surface area contributed by atoms with Crippen LogP contribution in [0.2, 0.25) is 0 Å². The van der Waals surface area contributed by atoms with Gasteiger partial charge in [0.2, 0.25) is 11.8 Å². The molecule has 2 aromatic heterocycles. The maximum Gasteiger partial charge on any atom is 0.234 e. The van der Waals surface area contributed by atoms with Gasteiger partial charge >= 0.3 is 0 Å². The third-order valence-electron chi connectivity index (χ3n) is 4.66. The van der Waals surface area contributed by atoms with Gasteiger partial charge in [0.25, 0.3) is 0 Å². The maximum absolute atomic E-state index is 12.2. The highest BCUT2D eigenvalue weighted by molar-refractivity contribution is 7.09. The maximum atomic E-state index is 12.2. The van der Waals surface area contributed by atoms with E-state index in [1.54, 1.807) is 11.3 Å². The first kappa shape index (κ1) is 15.8. The van der Waals surface area contributed by atoms with Gasteiger partial charge in [-0.25, -0.2) is 0 Å². The summed E-state index contributed by atoms with van der Waals surface area (Å²) in [6, 6.07) is 4.04. The molecule has 1 aliphatic carbocycles. The quantitative estimate of drug-likeness (QED) is 0.870. The molecule has 1 saturated carbocycles. The van der Waals surface area contributed by atoms with Crippen molar-refractivity contribution in [3.05, 3.63) is 34.1 Å². The second-order valence-electron chi connectivity index (χ2n) is 6.70. The molecule has 0 unspecified atom stereocenters. The van der Waals surface area contributed by atoms with Crippen molar-refractivity contribution in [2.45, 2.75) is 44.1 Å². The van der Waals surface area contributed by atoms with Crippen LogP contribution in [0.15, 0.2) is 22.0 Å².